The van der Waals surface area contributed by atoms with E-state index in [-0.39, 0.29) is 6.04 Å². The van der Waals surface area contributed by atoms with Gasteiger partial charge in [0.05, 0.1) is 20.3 Å². The van der Waals surface area contributed by atoms with Gasteiger partial charge >= 0.3 is 0 Å². The molecule has 3 rings (SSSR count). The smallest absolute Gasteiger partial charge is 0.161 e. The van der Waals surface area contributed by atoms with Crippen LogP contribution in [0.3, 0.4) is 0 Å². The van der Waals surface area contributed by atoms with Gasteiger partial charge in [-0.15, -0.1) is 11.3 Å². The highest BCUT2D eigenvalue weighted by atomic mass is 32.1. The summed E-state index contributed by atoms with van der Waals surface area (Å²) >= 11 is 1.73. The van der Waals surface area contributed by atoms with E-state index in [9.17, 15) is 0 Å². The number of rotatable bonds is 4. The van der Waals surface area contributed by atoms with Crippen molar-refractivity contribution < 1.29 is 9.47 Å². The molecule has 4 heteroatoms. The third-order valence-electron chi connectivity index (χ3n) is 3.52. The van der Waals surface area contributed by atoms with E-state index in [0.29, 0.717) is 11.5 Å². The standard InChI is InChI=1S/C17H17NO2S/c1-19-13-8-7-12(9-14(13)20-2)17(18)16-10-11-5-3-4-6-15(11)21-16/h3-10,17H,18H2,1-2H3. The Bertz CT molecular complexity index is 733. The lowest BCUT2D eigenvalue weighted by Crippen LogP contribution is -2.10. The van der Waals surface area contributed by atoms with Crippen LogP contribution in [0.2, 0.25) is 0 Å². The Hall–Kier alpha value is -2.04. The number of methoxy groups -OCH3 is 2. The maximum Gasteiger partial charge on any atom is 0.161 e. The second kappa shape index (κ2) is 5.76. The van der Waals surface area contributed by atoms with E-state index in [1.807, 2.05) is 30.3 Å². The molecule has 0 saturated carbocycles. The van der Waals surface area contributed by atoms with E-state index in [2.05, 4.69) is 18.2 Å². The van der Waals surface area contributed by atoms with Crippen molar-refractivity contribution in [2.24, 2.45) is 5.73 Å². The molecule has 1 atom stereocenters. The van der Waals surface area contributed by atoms with E-state index >= 15 is 0 Å². The molecule has 0 saturated heterocycles. The summed E-state index contributed by atoms with van der Waals surface area (Å²) < 4.78 is 11.9. The van der Waals surface area contributed by atoms with Gasteiger partial charge in [0.15, 0.2) is 11.5 Å². The number of fused-ring (bicyclic) bond motifs is 1. The third kappa shape index (κ3) is 2.60. The molecule has 2 N–H and O–H groups in total. The molecule has 1 heterocycles. The van der Waals surface area contributed by atoms with Crippen LogP contribution in [0.15, 0.2) is 48.5 Å². The van der Waals surface area contributed by atoms with Crippen molar-refractivity contribution >= 4 is 21.4 Å². The van der Waals surface area contributed by atoms with Crippen LogP contribution in [-0.2, 0) is 0 Å². The summed E-state index contributed by atoms with van der Waals surface area (Å²) in [7, 11) is 3.26. The average molecular weight is 299 g/mol. The van der Waals surface area contributed by atoms with Gasteiger partial charge in [-0.05, 0) is 35.2 Å². The number of nitrogens with two attached hydrogens (primary N) is 1. The second-order valence-corrected chi connectivity index (χ2v) is 5.89. The molecule has 0 bridgehead atoms. The lowest BCUT2D eigenvalue weighted by atomic mass is 10.1. The van der Waals surface area contributed by atoms with Crippen molar-refractivity contribution in [2.75, 3.05) is 14.2 Å². The quantitative estimate of drug-likeness (QED) is 0.793. The lowest BCUT2D eigenvalue weighted by molar-refractivity contribution is 0.354. The number of benzene rings is 2. The van der Waals surface area contributed by atoms with Crippen LogP contribution >= 0.6 is 11.3 Å². The molecule has 0 amide bonds. The van der Waals surface area contributed by atoms with Crippen molar-refractivity contribution in [3.8, 4) is 11.5 Å². The normalized spacial score (nSPS) is 12.3. The minimum atomic E-state index is -0.165. The fourth-order valence-electron chi connectivity index (χ4n) is 2.37. The number of ether oxygens (including phenoxy) is 2. The first-order chi connectivity index (χ1) is 10.2. The first kappa shape index (κ1) is 13.9. The van der Waals surface area contributed by atoms with Crippen LogP contribution in [-0.4, -0.2) is 14.2 Å². The molecular formula is C17H17NO2S. The van der Waals surface area contributed by atoms with E-state index in [0.717, 1.165) is 10.4 Å². The van der Waals surface area contributed by atoms with E-state index < -0.39 is 0 Å². The number of hydrogen-bond acceptors (Lipinski definition) is 4. The van der Waals surface area contributed by atoms with Crippen LogP contribution in [0.1, 0.15) is 16.5 Å². The summed E-state index contributed by atoms with van der Waals surface area (Å²) in [6, 6.07) is 16.1. The highest BCUT2D eigenvalue weighted by molar-refractivity contribution is 7.19. The fraction of sp³-hybridized carbons (Fsp3) is 0.176. The molecule has 0 spiro atoms. The Morgan fingerprint density at radius 3 is 2.43 bits per heavy atom. The van der Waals surface area contributed by atoms with Crippen molar-refractivity contribution in [3.05, 3.63) is 59.0 Å². The van der Waals surface area contributed by atoms with Gasteiger partial charge in [0.1, 0.15) is 0 Å². The van der Waals surface area contributed by atoms with Gasteiger partial charge in [0.2, 0.25) is 0 Å². The predicted octanol–water partition coefficient (Wildman–Crippen LogP) is 3.97. The lowest BCUT2D eigenvalue weighted by Gasteiger charge is -2.13. The Balaban J connectivity index is 1.99. The topological polar surface area (TPSA) is 44.5 Å². The van der Waals surface area contributed by atoms with Crippen molar-refractivity contribution in [1.29, 1.82) is 0 Å². The fourth-order valence-corrected chi connectivity index (χ4v) is 3.46. The van der Waals surface area contributed by atoms with Gasteiger partial charge in [-0.3, -0.25) is 0 Å². The first-order valence-corrected chi connectivity index (χ1v) is 7.50. The monoisotopic (exact) mass is 299 g/mol. The molecule has 3 nitrogen and oxygen atoms in total. The summed E-state index contributed by atoms with van der Waals surface area (Å²) in [6.45, 7) is 0. The van der Waals surface area contributed by atoms with Crippen LogP contribution in [0, 0.1) is 0 Å². The summed E-state index contributed by atoms with van der Waals surface area (Å²) in [5.74, 6) is 1.41. The van der Waals surface area contributed by atoms with Gasteiger partial charge in [-0.1, -0.05) is 24.3 Å². The molecule has 108 valence electrons. The van der Waals surface area contributed by atoms with Crippen molar-refractivity contribution in [2.45, 2.75) is 6.04 Å². The van der Waals surface area contributed by atoms with Gasteiger partial charge in [-0.25, -0.2) is 0 Å². The van der Waals surface area contributed by atoms with Crippen molar-refractivity contribution in [1.82, 2.24) is 0 Å². The minimum absolute atomic E-state index is 0.165. The van der Waals surface area contributed by atoms with Gasteiger partial charge < -0.3 is 15.2 Å². The molecular weight excluding hydrogens is 282 g/mol. The zero-order chi connectivity index (χ0) is 14.8. The van der Waals surface area contributed by atoms with Gasteiger partial charge in [-0.2, -0.15) is 0 Å². The van der Waals surface area contributed by atoms with Crippen LogP contribution < -0.4 is 15.2 Å². The van der Waals surface area contributed by atoms with Crippen LogP contribution in [0.4, 0.5) is 0 Å². The SMILES string of the molecule is COc1ccc(C(N)c2cc3ccccc3s2)cc1OC. The molecule has 2 aromatic carbocycles. The van der Waals surface area contributed by atoms with E-state index in [4.69, 9.17) is 15.2 Å². The highest BCUT2D eigenvalue weighted by Gasteiger charge is 2.14. The molecule has 0 aliphatic carbocycles. The molecule has 0 fully saturated rings. The Morgan fingerprint density at radius 1 is 0.952 bits per heavy atom. The average Bonchev–Trinajstić information content (AvgIpc) is 2.97. The molecule has 3 aromatic rings. The molecule has 0 aliphatic heterocycles. The van der Waals surface area contributed by atoms with E-state index in [1.165, 1.54) is 10.1 Å². The molecule has 0 aliphatic rings. The van der Waals surface area contributed by atoms with Crippen LogP contribution in [0.25, 0.3) is 10.1 Å². The third-order valence-corrected chi connectivity index (χ3v) is 4.72. The zero-order valence-corrected chi connectivity index (χ0v) is 12.8. The number of hydrogen-bond donors (Lipinski definition) is 1. The predicted molar refractivity (Wildman–Crippen MR) is 87.4 cm³/mol. The summed E-state index contributed by atoms with van der Waals surface area (Å²) in [4.78, 5) is 1.14. The Kier molecular flexibility index (Phi) is 3.82. The molecule has 1 aromatic heterocycles. The largest absolute Gasteiger partial charge is 0.493 e. The number of thiophene rings is 1. The van der Waals surface area contributed by atoms with E-state index in [1.54, 1.807) is 25.6 Å². The maximum atomic E-state index is 6.41. The van der Waals surface area contributed by atoms with Crippen molar-refractivity contribution in [3.63, 3.8) is 0 Å². The van der Waals surface area contributed by atoms with Gasteiger partial charge in [0.25, 0.3) is 0 Å². The second-order valence-electron chi connectivity index (χ2n) is 4.78. The summed E-state index contributed by atoms with van der Waals surface area (Å²) in [5, 5.41) is 1.23. The molecule has 1 unspecified atom stereocenters. The maximum absolute atomic E-state index is 6.41. The highest BCUT2D eigenvalue weighted by Crippen LogP contribution is 2.35. The molecule has 21 heavy (non-hydrogen) atoms. The first-order valence-electron chi connectivity index (χ1n) is 6.69. The zero-order valence-electron chi connectivity index (χ0n) is 12.0. The Labute approximate surface area is 127 Å². The van der Waals surface area contributed by atoms with Gasteiger partial charge in [0, 0.05) is 9.58 Å². The summed E-state index contributed by atoms with van der Waals surface area (Å²) in [5.41, 5.74) is 7.42. The summed E-state index contributed by atoms with van der Waals surface area (Å²) in [6.07, 6.45) is 0. The minimum Gasteiger partial charge on any atom is -0.493 e. The molecule has 0 radical (unpaired) electrons. The Morgan fingerprint density at radius 2 is 1.71 bits per heavy atom. The van der Waals surface area contributed by atoms with Crippen LogP contribution in [0.5, 0.6) is 11.5 Å².